The van der Waals surface area contributed by atoms with Crippen LogP contribution >= 0.6 is 0 Å². The van der Waals surface area contributed by atoms with E-state index in [1.165, 1.54) is 289 Å². The molecule has 104 heavy (non-hydrogen) atoms. The van der Waals surface area contributed by atoms with Crippen molar-refractivity contribution >= 4 is 5.91 Å². The number of unbranched alkanes of at least 4 members (excludes halogenated alkanes) is 50. The first-order valence-electron chi connectivity index (χ1n) is 43.2. The summed E-state index contributed by atoms with van der Waals surface area (Å²) in [6.45, 7) is 1.78. The second-order valence-electron chi connectivity index (χ2n) is 31.0. The van der Waals surface area contributed by atoms with Gasteiger partial charge >= 0.3 is 0 Å². The van der Waals surface area contributed by atoms with Crippen LogP contribution in [0.3, 0.4) is 0 Å². The van der Waals surface area contributed by atoms with Crippen LogP contribution in [0.2, 0.25) is 0 Å². The SMILES string of the molecule is CCCCCCCCCCCCCCCCCCCCCCC/C=C/CC/C=C/CC/C=C/C(O)C(COC1OC(CO)C(OC2OC(CO)C(OC3OC(CO)C(O)C(O)C3O)C(O)C2O)C(O)C1O)NC(=O)CCCCCCCCCCCCCCCCCCCCCCCCCCCCCC. The molecule has 612 valence electrons. The maximum Gasteiger partial charge on any atom is 0.220 e. The predicted octanol–water partition coefficient (Wildman–Crippen LogP) is 15.5. The van der Waals surface area contributed by atoms with Crippen molar-refractivity contribution in [3.63, 3.8) is 0 Å². The summed E-state index contributed by atoms with van der Waals surface area (Å²) in [6, 6.07) is -0.997. The molecule has 3 heterocycles. The maximum atomic E-state index is 13.5. The van der Waals surface area contributed by atoms with Crippen molar-refractivity contribution in [2.45, 2.75) is 471 Å². The summed E-state index contributed by atoms with van der Waals surface area (Å²) >= 11 is 0. The van der Waals surface area contributed by atoms with Crippen LogP contribution in [0.15, 0.2) is 36.5 Å². The van der Waals surface area contributed by atoms with Gasteiger partial charge in [0.25, 0.3) is 0 Å². The van der Waals surface area contributed by atoms with Crippen LogP contribution in [0.1, 0.15) is 367 Å². The van der Waals surface area contributed by atoms with Crippen LogP contribution in [-0.2, 0) is 33.2 Å². The largest absolute Gasteiger partial charge is 0.394 e. The molecule has 0 radical (unpaired) electrons. The van der Waals surface area contributed by atoms with E-state index in [2.05, 4.69) is 43.5 Å². The highest BCUT2D eigenvalue weighted by Crippen LogP contribution is 2.33. The molecule has 3 aliphatic heterocycles. The predicted molar refractivity (Wildman–Crippen MR) is 416 cm³/mol. The molecule has 3 rings (SSSR count). The van der Waals surface area contributed by atoms with Crippen molar-refractivity contribution in [2.24, 2.45) is 0 Å². The monoisotopic (exact) mass is 1480 g/mol. The first-order chi connectivity index (χ1) is 50.8. The Morgan fingerprint density at radius 2 is 0.615 bits per heavy atom. The molecule has 3 aliphatic rings. The quantitative estimate of drug-likeness (QED) is 0.0199. The van der Waals surface area contributed by atoms with Gasteiger partial charge in [-0.25, -0.2) is 0 Å². The number of rotatable bonds is 70. The van der Waals surface area contributed by atoms with E-state index in [0.29, 0.717) is 12.8 Å². The Morgan fingerprint density at radius 1 is 0.337 bits per heavy atom. The number of carbonyl (C=O) groups excluding carboxylic acids is 1. The molecule has 0 spiro atoms. The number of nitrogens with one attached hydrogen (secondary N) is 1. The lowest BCUT2D eigenvalue weighted by molar-refractivity contribution is -0.379. The number of allylic oxidation sites excluding steroid dienone is 5. The van der Waals surface area contributed by atoms with Gasteiger partial charge < -0.3 is 89.9 Å². The van der Waals surface area contributed by atoms with Crippen molar-refractivity contribution in [1.29, 1.82) is 0 Å². The fraction of sp³-hybridized carbons (Fsp3) is 0.918. The normalized spacial score (nSPS) is 26.0. The van der Waals surface area contributed by atoms with Crippen LogP contribution in [0, 0.1) is 0 Å². The van der Waals surface area contributed by atoms with Gasteiger partial charge in [-0.05, 0) is 44.9 Å². The number of carbonyl (C=O) groups is 1. The third kappa shape index (κ3) is 44.8. The average molecular weight is 1480 g/mol. The molecule has 19 heteroatoms. The van der Waals surface area contributed by atoms with Crippen LogP contribution in [0.25, 0.3) is 0 Å². The van der Waals surface area contributed by atoms with Crippen molar-refractivity contribution in [3.8, 4) is 0 Å². The molecule has 0 aromatic carbocycles. The van der Waals surface area contributed by atoms with E-state index in [0.717, 1.165) is 44.9 Å². The molecule has 3 fully saturated rings. The van der Waals surface area contributed by atoms with E-state index in [1.54, 1.807) is 6.08 Å². The number of hydrogen-bond donors (Lipinski definition) is 12. The van der Waals surface area contributed by atoms with Gasteiger partial charge in [0.2, 0.25) is 5.91 Å². The molecule has 0 aliphatic carbocycles. The van der Waals surface area contributed by atoms with Gasteiger partial charge in [0.15, 0.2) is 18.9 Å². The minimum atomic E-state index is -1.98. The van der Waals surface area contributed by atoms with E-state index in [-0.39, 0.29) is 18.9 Å². The molecule has 17 unspecified atom stereocenters. The molecule has 12 N–H and O–H groups in total. The minimum Gasteiger partial charge on any atom is -0.394 e. The smallest absolute Gasteiger partial charge is 0.220 e. The fourth-order valence-corrected chi connectivity index (χ4v) is 14.8. The first kappa shape index (κ1) is 96.2. The minimum absolute atomic E-state index is 0.237. The molecule has 0 bridgehead atoms. The maximum absolute atomic E-state index is 13.5. The number of aliphatic hydroxyl groups is 11. The van der Waals surface area contributed by atoms with Crippen LogP contribution in [-0.4, -0.2) is 193 Å². The van der Waals surface area contributed by atoms with Gasteiger partial charge in [0.05, 0.1) is 38.6 Å². The second kappa shape index (κ2) is 65.7. The summed E-state index contributed by atoms with van der Waals surface area (Å²) < 4.78 is 34.5. The molecule has 3 saturated heterocycles. The Labute approximate surface area is 631 Å². The Hall–Kier alpha value is -1.99. The number of aliphatic hydroxyl groups excluding tert-OH is 11. The van der Waals surface area contributed by atoms with Gasteiger partial charge in [-0.1, -0.05) is 352 Å². The molecule has 0 saturated carbocycles. The van der Waals surface area contributed by atoms with E-state index < -0.39 is 124 Å². The number of ether oxygens (including phenoxy) is 6. The molecule has 17 atom stereocenters. The highest BCUT2D eigenvalue weighted by Gasteiger charge is 2.54. The third-order valence-electron chi connectivity index (χ3n) is 21.7. The lowest BCUT2D eigenvalue weighted by Crippen LogP contribution is -2.66. The molecule has 0 aromatic heterocycles. The van der Waals surface area contributed by atoms with E-state index in [4.69, 9.17) is 28.4 Å². The van der Waals surface area contributed by atoms with Crippen molar-refractivity contribution in [2.75, 3.05) is 26.4 Å². The second-order valence-corrected chi connectivity index (χ2v) is 31.0. The Kier molecular flexibility index (Phi) is 60.8. The average Bonchev–Trinajstić information content (AvgIpc) is 0.781. The third-order valence-corrected chi connectivity index (χ3v) is 21.7. The van der Waals surface area contributed by atoms with Gasteiger partial charge in [-0.3, -0.25) is 4.79 Å². The zero-order valence-corrected chi connectivity index (χ0v) is 65.8. The summed E-state index contributed by atoms with van der Waals surface area (Å²) in [5.41, 5.74) is 0. The van der Waals surface area contributed by atoms with E-state index in [9.17, 15) is 61.0 Å². The zero-order valence-electron chi connectivity index (χ0n) is 65.8. The number of hydrogen-bond acceptors (Lipinski definition) is 18. The standard InChI is InChI=1S/C85H159NO18/c1-3-5-7-9-11-13-15-17-19-21-23-25-27-29-31-33-34-35-36-38-40-42-44-46-48-50-52-54-56-58-60-62-69(90)68(86-73(91)63-61-59-57-55-53-51-49-47-45-43-41-39-37-32-30-28-26-24-22-20-18-16-14-12-10-8-6-4-2)67-99-83-79(97)76(94)81(71(65-88)101-83)104-85-80(98)77(95)82(72(66-89)102-85)103-84-78(96)75(93)74(92)70(64-87)100-84/h44,46,52,54,60,62,68-72,74-85,87-90,92-98H,3-43,45,47-51,53,55-59,61,63-67H2,1-2H3,(H,86,91)/b46-44+,54-52+,62-60+. The van der Waals surface area contributed by atoms with Crippen molar-refractivity contribution in [1.82, 2.24) is 5.32 Å². The van der Waals surface area contributed by atoms with Crippen LogP contribution in [0.5, 0.6) is 0 Å². The Morgan fingerprint density at radius 3 is 0.962 bits per heavy atom. The fourth-order valence-electron chi connectivity index (χ4n) is 14.8. The zero-order chi connectivity index (χ0) is 75.3. The summed E-state index contributed by atoms with van der Waals surface area (Å²) in [5, 5.41) is 121. The summed E-state index contributed by atoms with van der Waals surface area (Å²) in [7, 11) is 0. The van der Waals surface area contributed by atoms with E-state index in [1.807, 2.05) is 6.08 Å². The topological polar surface area (TPSA) is 307 Å². The molecule has 19 nitrogen and oxygen atoms in total. The summed E-state index contributed by atoms with van der Waals surface area (Å²) in [6.07, 6.45) is 55.9. The lowest BCUT2D eigenvalue weighted by Gasteiger charge is -2.48. The number of amides is 1. The summed E-state index contributed by atoms with van der Waals surface area (Å²) in [5.74, 6) is -0.282. The highest BCUT2D eigenvalue weighted by atomic mass is 16.8. The Balaban J connectivity index is 1.37. The molecule has 1 amide bonds. The van der Waals surface area contributed by atoms with Gasteiger partial charge in [-0.15, -0.1) is 0 Å². The molecular formula is C85H159NO18. The molecule has 0 aromatic rings. The summed E-state index contributed by atoms with van der Waals surface area (Å²) in [4.78, 5) is 13.5. The van der Waals surface area contributed by atoms with Gasteiger partial charge in [-0.2, -0.15) is 0 Å². The Bertz CT molecular complexity index is 2020. The van der Waals surface area contributed by atoms with Crippen molar-refractivity contribution < 1.29 is 89.4 Å². The lowest BCUT2D eigenvalue weighted by atomic mass is 9.96. The molecular weight excluding hydrogens is 1320 g/mol. The van der Waals surface area contributed by atoms with E-state index >= 15 is 0 Å². The van der Waals surface area contributed by atoms with Crippen molar-refractivity contribution in [3.05, 3.63) is 36.5 Å². The van der Waals surface area contributed by atoms with Gasteiger partial charge in [0.1, 0.15) is 73.2 Å². The van der Waals surface area contributed by atoms with Gasteiger partial charge in [0, 0.05) is 6.42 Å². The van der Waals surface area contributed by atoms with Crippen LogP contribution < -0.4 is 5.32 Å². The van der Waals surface area contributed by atoms with Crippen LogP contribution in [0.4, 0.5) is 0 Å². The first-order valence-corrected chi connectivity index (χ1v) is 43.2. The highest BCUT2D eigenvalue weighted by molar-refractivity contribution is 5.76.